The number of carbonyl (C=O) groups excluding carboxylic acids is 3. The summed E-state index contributed by atoms with van der Waals surface area (Å²) in [6.45, 7) is 3.84. The van der Waals surface area contributed by atoms with Crippen molar-refractivity contribution in [2.45, 2.75) is 26.7 Å². The Morgan fingerprint density at radius 3 is 2.30 bits per heavy atom. The van der Waals surface area contributed by atoms with Gasteiger partial charge < -0.3 is 5.73 Å². The third kappa shape index (κ3) is 1.75. The van der Waals surface area contributed by atoms with Crippen LogP contribution in [0.25, 0.3) is 0 Å². The maximum absolute atomic E-state index is 12.9. The Bertz CT molecular complexity index is 749. The molecule has 1 aliphatic heterocycles. The molecule has 2 aliphatic carbocycles. The van der Waals surface area contributed by atoms with E-state index in [1.165, 1.54) is 16.2 Å². The van der Waals surface area contributed by atoms with E-state index < -0.39 is 5.91 Å². The lowest BCUT2D eigenvalue weighted by Crippen LogP contribution is -2.34. The van der Waals surface area contributed by atoms with E-state index in [9.17, 15) is 14.4 Å². The van der Waals surface area contributed by atoms with Gasteiger partial charge in [0.1, 0.15) is 5.00 Å². The number of hydrogen-bond acceptors (Lipinski definition) is 4. The van der Waals surface area contributed by atoms with Gasteiger partial charge in [-0.2, -0.15) is 0 Å². The number of aryl methyl sites for hydroxylation is 1. The van der Waals surface area contributed by atoms with Gasteiger partial charge in [-0.3, -0.25) is 14.4 Å². The van der Waals surface area contributed by atoms with Crippen molar-refractivity contribution in [3.63, 3.8) is 0 Å². The third-order valence-corrected chi connectivity index (χ3v) is 6.60. The second kappa shape index (κ2) is 4.77. The van der Waals surface area contributed by atoms with Crippen molar-refractivity contribution in [2.75, 3.05) is 4.90 Å². The number of primary amides is 1. The number of allylic oxidation sites excluding steroid dienone is 2. The fourth-order valence-corrected chi connectivity index (χ4v) is 5.76. The first kappa shape index (κ1) is 14.6. The summed E-state index contributed by atoms with van der Waals surface area (Å²) >= 11 is 1.32. The molecule has 3 amide bonds. The van der Waals surface area contributed by atoms with Gasteiger partial charge in [0.25, 0.3) is 5.91 Å². The van der Waals surface area contributed by atoms with Crippen LogP contribution in [0, 0.1) is 30.6 Å². The van der Waals surface area contributed by atoms with Crippen LogP contribution >= 0.6 is 11.3 Å². The molecule has 4 rings (SSSR count). The molecular weight excluding hydrogens is 312 g/mol. The fourth-order valence-electron chi connectivity index (χ4n) is 4.50. The summed E-state index contributed by atoms with van der Waals surface area (Å²) in [7, 11) is 0. The number of fused-ring (bicyclic) bond motifs is 5. The van der Waals surface area contributed by atoms with Crippen molar-refractivity contribution in [2.24, 2.45) is 29.4 Å². The molecular formula is C17H18N2O3S. The Kier molecular flexibility index (Phi) is 3.04. The Morgan fingerprint density at radius 2 is 1.83 bits per heavy atom. The van der Waals surface area contributed by atoms with E-state index in [1.54, 1.807) is 0 Å². The summed E-state index contributed by atoms with van der Waals surface area (Å²) in [5.74, 6) is -1.09. The van der Waals surface area contributed by atoms with E-state index in [2.05, 4.69) is 12.2 Å². The third-order valence-electron chi connectivity index (χ3n) is 5.46. The number of anilines is 1. The summed E-state index contributed by atoms with van der Waals surface area (Å²) in [6.07, 6.45) is 5.67. The number of amides is 3. The SMILES string of the molecule is CCc1c(C)sc(N2C(=O)[C@@H]3[C@@H](C2=O)[C@H]2C=C[C@H]3C2)c1C(N)=O. The summed E-state index contributed by atoms with van der Waals surface area (Å²) in [4.78, 5) is 39.9. The van der Waals surface area contributed by atoms with Gasteiger partial charge in [-0.15, -0.1) is 11.3 Å². The lowest BCUT2D eigenvalue weighted by molar-refractivity contribution is -0.123. The number of imide groups is 1. The van der Waals surface area contributed by atoms with Gasteiger partial charge in [0.15, 0.2) is 0 Å². The second-order valence-corrected chi connectivity index (χ2v) is 7.75. The number of hydrogen-bond donors (Lipinski definition) is 1. The largest absolute Gasteiger partial charge is 0.365 e. The van der Waals surface area contributed by atoms with E-state index in [-0.39, 0.29) is 35.5 Å². The van der Waals surface area contributed by atoms with Gasteiger partial charge in [-0.25, -0.2) is 4.90 Å². The minimum absolute atomic E-state index is 0.162. The highest BCUT2D eigenvalue weighted by Crippen LogP contribution is 2.54. The number of rotatable bonds is 3. The monoisotopic (exact) mass is 330 g/mol. The van der Waals surface area contributed by atoms with E-state index in [1.807, 2.05) is 13.8 Å². The lowest BCUT2D eigenvalue weighted by atomic mass is 9.85. The van der Waals surface area contributed by atoms with E-state index in [4.69, 9.17) is 5.73 Å². The van der Waals surface area contributed by atoms with Gasteiger partial charge in [-0.05, 0) is 37.2 Å². The van der Waals surface area contributed by atoms with Crippen LogP contribution in [0.1, 0.15) is 34.1 Å². The predicted molar refractivity (Wildman–Crippen MR) is 87.2 cm³/mol. The van der Waals surface area contributed by atoms with E-state index in [0.717, 1.165) is 16.9 Å². The first-order valence-electron chi connectivity index (χ1n) is 7.93. The molecule has 0 unspecified atom stereocenters. The van der Waals surface area contributed by atoms with Crippen LogP contribution in [0.5, 0.6) is 0 Å². The maximum atomic E-state index is 12.9. The van der Waals surface area contributed by atoms with Gasteiger partial charge in [0, 0.05) is 4.88 Å². The van der Waals surface area contributed by atoms with Gasteiger partial charge >= 0.3 is 0 Å². The van der Waals surface area contributed by atoms with Gasteiger partial charge in [-0.1, -0.05) is 19.1 Å². The second-order valence-electron chi connectivity index (χ2n) is 6.55. The molecule has 2 N–H and O–H groups in total. The Morgan fingerprint density at radius 1 is 1.26 bits per heavy atom. The number of nitrogens with zero attached hydrogens (tertiary/aromatic N) is 1. The predicted octanol–water partition coefficient (Wildman–Crippen LogP) is 2.03. The molecule has 120 valence electrons. The van der Waals surface area contributed by atoms with Crippen LogP contribution < -0.4 is 10.6 Å². The molecule has 2 bridgehead atoms. The standard InChI is InChI=1S/C17H18N2O3S/c1-3-10-7(2)23-17(13(10)14(18)20)19-15(21)11-8-4-5-9(6-8)12(11)16(19)22/h4-5,8-9,11-12H,3,6H2,1-2H3,(H2,18,20)/t8-,9-,11-,12-/m0/s1. The zero-order valence-corrected chi connectivity index (χ0v) is 13.9. The molecule has 0 spiro atoms. The summed E-state index contributed by atoms with van der Waals surface area (Å²) in [6, 6.07) is 0. The molecule has 2 heterocycles. The number of thiophene rings is 1. The minimum atomic E-state index is -0.569. The highest BCUT2D eigenvalue weighted by molar-refractivity contribution is 7.17. The van der Waals surface area contributed by atoms with Crippen LogP contribution in [0.3, 0.4) is 0 Å². The van der Waals surface area contributed by atoms with Crippen LogP contribution in [0.4, 0.5) is 5.00 Å². The van der Waals surface area contributed by atoms with E-state index in [0.29, 0.717) is 17.0 Å². The van der Waals surface area contributed by atoms with Gasteiger partial charge in [0.2, 0.25) is 11.8 Å². The highest BCUT2D eigenvalue weighted by atomic mass is 32.1. The molecule has 1 aromatic rings. The molecule has 0 radical (unpaired) electrons. The molecule has 23 heavy (non-hydrogen) atoms. The van der Waals surface area contributed by atoms with Crippen LogP contribution in [0.2, 0.25) is 0 Å². The Balaban J connectivity index is 1.82. The maximum Gasteiger partial charge on any atom is 0.252 e. The van der Waals surface area contributed by atoms with Crippen molar-refractivity contribution < 1.29 is 14.4 Å². The zero-order valence-electron chi connectivity index (χ0n) is 13.0. The lowest BCUT2D eigenvalue weighted by Gasteiger charge is -2.16. The zero-order chi connectivity index (χ0) is 16.5. The van der Waals surface area contributed by atoms with E-state index >= 15 is 0 Å². The molecule has 1 saturated heterocycles. The quantitative estimate of drug-likeness (QED) is 0.680. The summed E-state index contributed by atoms with van der Waals surface area (Å²) in [5, 5.41) is 0.427. The van der Waals surface area contributed by atoms with Crippen molar-refractivity contribution >= 4 is 34.1 Å². The first-order valence-corrected chi connectivity index (χ1v) is 8.75. The summed E-state index contributed by atoms with van der Waals surface area (Å²) < 4.78 is 0. The molecule has 1 saturated carbocycles. The van der Waals surface area contributed by atoms with Gasteiger partial charge in [0.05, 0.1) is 17.4 Å². The fraction of sp³-hybridized carbons (Fsp3) is 0.471. The molecule has 1 aromatic heterocycles. The molecule has 3 aliphatic rings. The normalized spacial score (nSPS) is 31.3. The van der Waals surface area contributed by atoms with Crippen LogP contribution in [0.15, 0.2) is 12.2 Å². The van der Waals surface area contributed by atoms with Crippen molar-refractivity contribution in [3.8, 4) is 0 Å². The topological polar surface area (TPSA) is 80.5 Å². The number of carbonyl (C=O) groups is 3. The smallest absolute Gasteiger partial charge is 0.252 e. The first-order chi connectivity index (χ1) is 11.0. The highest BCUT2D eigenvalue weighted by Gasteiger charge is 2.60. The number of nitrogens with two attached hydrogens (primary N) is 1. The Labute approximate surface area is 138 Å². The van der Waals surface area contributed by atoms with Crippen molar-refractivity contribution in [1.82, 2.24) is 0 Å². The molecule has 6 heteroatoms. The van der Waals surface area contributed by atoms with Crippen LogP contribution in [-0.4, -0.2) is 17.7 Å². The minimum Gasteiger partial charge on any atom is -0.365 e. The Hall–Kier alpha value is -1.95. The van der Waals surface area contributed by atoms with Crippen LogP contribution in [-0.2, 0) is 16.0 Å². The molecule has 2 fully saturated rings. The average Bonchev–Trinajstić information content (AvgIpc) is 3.22. The van der Waals surface area contributed by atoms with Crippen molar-refractivity contribution in [1.29, 1.82) is 0 Å². The average molecular weight is 330 g/mol. The molecule has 4 atom stereocenters. The molecule has 5 nitrogen and oxygen atoms in total. The van der Waals surface area contributed by atoms with Crippen molar-refractivity contribution in [3.05, 3.63) is 28.2 Å². The summed E-state index contributed by atoms with van der Waals surface area (Å²) in [5.41, 5.74) is 6.74. The molecule has 0 aromatic carbocycles.